The Morgan fingerprint density at radius 3 is 2.30 bits per heavy atom. The summed E-state index contributed by atoms with van der Waals surface area (Å²) in [4.78, 5) is 4.16. The second-order valence-electron chi connectivity index (χ2n) is 3.81. The number of halogens is 5. The molecule has 2 aromatic rings. The van der Waals surface area contributed by atoms with Crippen molar-refractivity contribution in [3.8, 4) is 17.3 Å². The summed E-state index contributed by atoms with van der Waals surface area (Å²) in [6.45, 7) is 0. The average molecular weight is 366 g/mol. The highest BCUT2D eigenvalue weighted by molar-refractivity contribution is 6.49. The SMILES string of the molecule is N#CCc1c(Cl)cnc(-c2ccc(Cl)c(Cl)c2Cl)c1Cl. The number of aromatic nitrogens is 1. The highest BCUT2D eigenvalue weighted by Crippen LogP contribution is 2.41. The van der Waals surface area contributed by atoms with Crippen molar-refractivity contribution < 1.29 is 0 Å². The lowest BCUT2D eigenvalue weighted by Crippen LogP contribution is -1.94. The van der Waals surface area contributed by atoms with E-state index < -0.39 is 0 Å². The number of rotatable bonds is 2. The average Bonchev–Trinajstić information content (AvgIpc) is 2.42. The van der Waals surface area contributed by atoms with Gasteiger partial charge >= 0.3 is 0 Å². The third-order valence-electron chi connectivity index (χ3n) is 2.61. The zero-order valence-corrected chi connectivity index (χ0v) is 13.5. The molecule has 0 bridgehead atoms. The molecule has 1 aromatic carbocycles. The van der Waals surface area contributed by atoms with Crippen LogP contribution in [0.15, 0.2) is 18.3 Å². The van der Waals surface area contributed by atoms with Gasteiger partial charge in [0.25, 0.3) is 0 Å². The van der Waals surface area contributed by atoms with E-state index in [0.717, 1.165) is 0 Å². The Hall–Kier alpha value is -0.690. The molecule has 1 heterocycles. The molecule has 0 fully saturated rings. The van der Waals surface area contributed by atoms with Gasteiger partial charge in [0.15, 0.2) is 0 Å². The van der Waals surface area contributed by atoms with Crippen LogP contribution in [0.5, 0.6) is 0 Å². The molecule has 0 saturated heterocycles. The largest absolute Gasteiger partial charge is 0.253 e. The maximum Gasteiger partial charge on any atom is 0.0907 e. The van der Waals surface area contributed by atoms with Crippen molar-refractivity contribution in [3.63, 3.8) is 0 Å². The molecule has 2 rings (SSSR count). The van der Waals surface area contributed by atoms with Gasteiger partial charge in [-0.05, 0) is 12.1 Å². The lowest BCUT2D eigenvalue weighted by Gasteiger charge is -2.11. The third kappa shape index (κ3) is 2.83. The Balaban J connectivity index is 2.69. The van der Waals surface area contributed by atoms with Crippen LogP contribution in [0, 0.1) is 11.3 Å². The van der Waals surface area contributed by atoms with Gasteiger partial charge in [-0.1, -0.05) is 58.0 Å². The molecular formula is C13H5Cl5N2. The smallest absolute Gasteiger partial charge is 0.0907 e. The Bertz CT molecular complexity index is 722. The van der Waals surface area contributed by atoms with Gasteiger partial charge in [0.2, 0.25) is 0 Å². The van der Waals surface area contributed by atoms with E-state index in [0.29, 0.717) is 26.9 Å². The molecule has 0 atom stereocenters. The molecule has 0 saturated carbocycles. The molecule has 0 N–H and O–H groups in total. The second kappa shape index (κ2) is 6.39. The third-order valence-corrected chi connectivity index (χ3v) is 4.64. The summed E-state index contributed by atoms with van der Waals surface area (Å²) in [5, 5.41) is 10.2. The summed E-state index contributed by atoms with van der Waals surface area (Å²) in [6.07, 6.45) is 1.50. The molecule has 0 amide bonds. The van der Waals surface area contributed by atoms with Crippen molar-refractivity contribution in [3.05, 3.63) is 49.0 Å². The van der Waals surface area contributed by atoms with E-state index in [-0.39, 0.29) is 21.5 Å². The number of pyridine rings is 1. The molecule has 20 heavy (non-hydrogen) atoms. The van der Waals surface area contributed by atoms with Crippen LogP contribution in [0.4, 0.5) is 0 Å². The fourth-order valence-electron chi connectivity index (χ4n) is 1.64. The second-order valence-corrected chi connectivity index (χ2v) is 5.75. The lowest BCUT2D eigenvalue weighted by molar-refractivity contribution is 1.21. The highest BCUT2D eigenvalue weighted by atomic mass is 35.5. The van der Waals surface area contributed by atoms with Crippen LogP contribution in [0.2, 0.25) is 25.1 Å². The van der Waals surface area contributed by atoms with E-state index in [2.05, 4.69) is 4.98 Å². The summed E-state index contributed by atoms with van der Waals surface area (Å²) in [5.41, 5.74) is 1.44. The van der Waals surface area contributed by atoms with Crippen molar-refractivity contribution in [2.75, 3.05) is 0 Å². The Kier molecular flexibility index (Phi) is 5.01. The van der Waals surface area contributed by atoms with E-state index >= 15 is 0 Å². The minimum Gasteiger partial charge on any atom is -0.253 e. The first-order valence-electron chi connectivity index (χ1n) is 5.31. The number of hydrogen-bond donors (Lipinski definition) is 0. The van der Waals surface area contributed by atoms with Crippen LogP contribution < -0.4 is 0 Å². The van der Waals surface area contributed by atoms with Gasteiger partial charge in [0.1, 0.15) is 0 Å². The summed E-state index contributed by atoms with van der Waals surface area (Å²) in [5.74, 6) is 0. The fraction of sp³-hybridized carbons (Fsp3) is 0.0769. The predicted molar refractivity (Wildman–Crippen MR) is 84.0 cm³/mol. The van der Waals surface area contributed by atoms with Crippen molar-refractivity contribution in [1.29, 1.82) is 5.26 Å². The summed E-state index contributed by atoms with van der Waals surface area (Å²) < 4.78 is 0. The quantitative estimate of drug-likeness (QED) is 0.604. The van der Waals surface area contributed by atoms with Gasteiger partial charge in [-0.2, -0.15) is 5.26 Å². The zero-order chi connectivity index (χ0) is 14.9. The van der Waals surface area contributed by atoms with Gasteiger partial charge in [0, 0.05) is 17.3 Å². The molecule has 0 aliphatic carbocycles. The molecule has 7 heteroatoms. The molecule has 2 nitrogen and oxygen atoms in total. The van der Waals surface area contributed by atoms with Crippen LogP contribution in [0.25, 0.3) is 11.3 Å². The van der Waals surface area contributed by atoms with Gasteiger partial charge in [0.05, 0.1) is 43.3 Å². The molecular weight excluding hydrogens is 361 g/mol. The lowest BCUT2D eigenvalue weighted by atomic mass is 10.1. The van der Waals surface area contributed by atoms with Gasteiger partial charge in [-0.15, -0.1) is 0 Å². The van der Waals surface area contributed by atoms with E-state index in [4.69, 9.17) is 63.3 Å². The Morgan fingerprint density at radius 1 is 0.950 bits per heavy atom. The first-order valence-corrected chi connectivity index (χ1v) is 7.20. The summed E-state index contributed by atoms with van der Waals surface area (Å²) >= 11 is 30.3. The minimum absolute atomic E-state index is 0.0755. The van der Waals surface area contributed by atoms with Crippen molar-refractivity contribution in [1.82, 2.24) is 4.98 Å². The monoisotopic (exact) mass is 364 g/mol. The van der Waals surface area contributed by atoms with Crippen LogP contribution in [-0.4, -0.2) is 4.98 Å². The Labute approximate surface area is 140 Å². The normalized spacial score (nSPS) is 10.4. The topological polar surface area (TPSA) is 36.7 Å². The number of benzene rings is 1. The number of nitriles is 1. The van der Waals surface area contributed by atoms with Gasteiger partial charge in [-0.3, -0.25) is 4.98 Å². The first kappa shape index (κ1) is 15.7. The summed E-state index contributed by atoms with van der Waals surface area (Å²) in [7, 11) is 0. The van der Waals surface area contributed by atoms with Gasteiger partial charge < -0.3 is 0 Å². The Morgan fingerprint density at radius 2 is 1.65 bits per heavy atom. The summed E-state index contributed by atoms with van der Waals surface area (Å²) in [6, 6.07) is 5.26. The molecule has 0 aliphatic heterocycles. The van der Waals surface area contributed by atoms with E-state index in [9.17, 15) is 0 Å². The van der Waals surface area contributed by atoms with E-state index in [1.807, 2.05) is 6.07 Å². The van der Waals surface area contributed by atoms with Crippen LogP contribution in [0.1, 0.15) is 5.56 Å². The maximum absolute atomic E-state index is 8.81. The molecule has 0 aliphatic rings. The first-order chi connectivity index (χ1) is 9.47. The number of nitrogens with zero attached hydrogens (tertiary/aromatic N) is 2. The maximum atomic E-state index is 8.81. The van der Waals surface area contributed by atoms with Crippen LogP contribution in [0.3, 0.4) is 0 Å². The minimum atomic E-state index is 0.0755. The zero-order valence-electron chi connectivity index (χ0n) is 9.72. The van der Waals surface area contributed by atoms with Gasteiger partial charge in [-0.25, -0.2) is 0 Å². The fourth-order valence-corrected chi connectivity index (χ4v) is 2.84. The molecule has 0 radical (unpaired) electrons. The molecule has 0 unspecified atom stereocenters. The molecule has 102 valence electrons. The van der Waals surface area contributed by atoms with Crippen molar-refractivity contribution in [2.24, 2.45) is 0 Å². The van der Waals surface area contributed by atoms with E-state index in [1.54, 1.807) is 12.1 Å². The highest BCUT2D eigenvalue weighted by Gasteiger charge is 2.18. The van der Waals surface area contributed by atoms with E-state index in [1.165, 1.54) is 6.20 Å². The van der Waals surface area contributed by atoms with Crippen LogP contribution in [-0.2, 0) is 6.42 Å². The van der Waals surface area contributed by atoms with Crippen molar-refractivity contribution >= 4 is 58.0 Å². The van der Waals surface area contributed by atoms with Crippen molar-refractivity contribution in [2.45, 2.75) is 6.42 Å². The predicted octanol–water partition coefficient (Wildman–Crippen LogP) is 6.08. The van der Waals surface area contributed by atoms with Crippen LogP contribution >= 0.6 is 58.0 Å². The number of hydrogen-bond acceptors (Lipinski definition) is 2. The molecule has 1 aromatic heterocycles. The standard InChI is InChI=1S/C13H5Cl5N2/c14-8-2-1-7(10(16)12(8)18)13-11(17)6(3-4-19)9(15)5-20-13/h1-2,5H,3H2. The molecule has 0 spiro atoms.